The molecule has 0 aliphatic heterocycles. The fraction of sp³-hybridized carbons (Fsp3) is 0.600. The van der Waals surface area contributed by atoms with Crippen molar-refractivity contribution >= 4 is 11.9 Å². The Kier molecular flexibility index (Phi) is 6.89. The van der Waals surface area contributed by atoms with Gasteiger partial charge in [0, 0.05) is 24.6 Å². The van der Waals surface area contributed by atoms with Gasteiger partial charge in [-0.2, -0.15) is 0 Å². The van der Waals surface area contributed by atoms with E-state index >= 15 is 0 Å². The Morgan fingerprint density at radius 2 is 1.92 bits per heavy atom. The number of ether oxygens (including phenoxy) is 2. The van der Waals surface area contributed by atoms with Crippen LogP contribution in [0.25, 0.3) is 0 Å². The van der Waals surface area contributed by atoms with Crippen LogP contribution in [-0.2, 0) is 16.1 Å². The quantitative estimate of drug-likeness (QED) is 0.701. The number of aliphatic carboxylic acids is 1. The minimum Gasteiger partial charge on any atom is -0.497 e. The number of hydrogen-bond acceptors (Lipinski definition) is 4. The Labute approximate surface area is 154 Å². The molecule has 2 rings (SSSR count). The molecule has 1 saturated carbocycles. The first kappa shape index (κ1) is 20.1. The van der Waals surface area contributed by atoms with Crippen molar-refractivity contribution in [1.29, 1.82) is 0 Å². The molecular formula is C20H29NO5. The van der Waals surface area contributed by atoms with Gasteiger partial charge in [0.25, 0.3) is 0 Å². The predicted octanol–water partition coefficient (Wildman–Crippen LogP) is 3.52. The van der Waals surface area contributed by atoms with Crippen molar-refractivity contribution in [2.45, 2.75) is 65.0 Å². The maximum absolute atomic E-state index is 12.2. The number of nitrogens with one attached hydrogen (secondary N) is 1. The highest BCUT2D eigenvalue weighted by Gasteiger charge is 2.25. The van der Waals surface area contributed by atoms with E-state index in [1.54, 1.807) is 21.0 Å². The second-order valence-electron chi connectivity index (χ2n) is 7.69. The van der Waals surface area contributed by atoms with Crippen LogP contribution >= 0.6 is 0 Å². The van der Waals surface area contributed by atoms with E-state index in [2.05, 4.69) is 5.32 Å². The van der Waals surface area contributed by atoms with Gasteiger partial charge in [0.05, 0.1) is 19.6 Å². The molecule has 1 aliphatic rings. The summed E-state index contributed by atoms with van der Waals surface area (Å²) in [6.07, 6.45) is 4.79. The highest BCUT2D eigenvalue weighted by molar-refractivity contribution is 5.78. The number of amides is 1. The van der Waals surface area contributed by atoms with Gasteiger partial charge in [-0.3, -0.25) is 9.59 Å². The van der Waals surface area contributed by atoms with Crippen molar-refractivity contribution in [3.8, 4) is 11.5 Å². The number of rotatable bonds is 9. The first-order valence-electron chi connectivity index (χ1n) is 9.11. The lowest BCUT2D eigenvalue weighted by Gasteiger charge is -2.22. The second-order valence-corrected chi connectivity index (χ2v) is 7.69. The molecule has 144 valence electrons. The van der Waals surface area contributed by atoms with Crippen LogP contribution in [0.1, 0.15) is 57.9 Å². The molecule has 26 heavy (non-hydrogen) atoms. The molecule has 1 aromatic rings. The fourth-order valence-electron chi connectivity index (χ4n) is 3.27. The standard InChI is InChI=1S/C20H29NO5/c1-20(2,12-19(23)24)11-18(22)21-13-14-8-9-16(25-3)10-17(14)26-15-6-4-5-7-15/h8-10,15H,4-7,11-13H2,1-3H3,(H,21,22)(H,23,24). The third kappa shape index (κ3) is 6.24. The van der Waals surface area contributed by atoms with Gasteiger partial charge in [0.2, 0.25) is 5.91 Å². The van der Waals surface area contributed by atoms with E-state index in [0.29, 0.717) is 6.54 Å². The van der Waals surface area contributed by atoms with E-state index in [1.165, 1.54) is 12.8 Å². The molecule has 0 atom stereocenters. The average molecular weight is 363 g/mol. The molecule has 1 aliphatic carbocycles. The lowest BCUT2D eigenvalue weighted by molar-refractivity contribution is -0.139. The van der Waals surface area contributed by atoms with Gasteiger partial charge in [-0.15, -0.1) is 0 Å². The third-order valence-electron chi connectivity index (χ3n) is 4.62. The summed E-state index contributed by atoms with van der Waals surface area (Å²) in [5, 5.41) is 11.8. The highest BCUT2D eigenvalue weighted by Crippen LogP contribution is 2.30. The molecule has 0 radical (unpaired) electrons. The zero-order chi connectivity index (χ0) is 19.2. The van der Waals surface area contributed by atoms with Crippen molar-refractivity contribution in [3.63, 3.8) is 0 Å². The summed E-state index contributed by atoms with van der Waals surface area (Å²) in [5.74, 6) is 0.390. The van der Waals surface area contributed by atoms with E-state index in [0.717, 1.165) is 29.9 Å². The summed E-state index contributed by atoms with van der Waals surface area (Å²) in [7, 11) is 1.61. The van der Waals surface area contributed by atoms with Gasteiger partial charge in [-0.05, 0) is 43.2 Å². The van der Waals surface area contributed by atoms with E-state index in [1.807, 2.05) is 18.2 Å². The Morgan fingerprint density at radius 1 is 1.23 bits per heavy atom. The molecular weight excluding hydrogens is 334 g/mol. The minimum atomic E-state index is -0.898. The van der Waals surface area contributed by atoms with Crippen molar-refractivity contribution in [2.24, 2.45) is 5.41 Å². The molecule has 0 bridgehead atoms. The van der Waals surface area contributed by atoms with E-state index in [4.69, 9.17) is 14.6 Å². The second kappa shape index (κ2) is 8.92. The van der Waals surface area contributed by atoms with Gasteiger partial charge in [-0.25, -0.2) is 0 Å². The summed E-state index contributed by atoms with van der Waals surface area (Å²) >= 11 is 0. The number of carboxylic acid groups (broad SMARTS) is 1. The molecule has 6 nitrogen and oxygen atoms in total. The molecule has 6 heteroatoms. The van der Waals surface area contributed by atoms with Crippen LogP contribution in [0.4, 0.5) is 0 Å². The normalized spacial score (nSPS) is 14.9. The third-order valence-corrected chi connectivity index (χ3v) is 4.62. The molecule has 0 unspecified atom stereocenters. The molecule has 0 saturated heterocycles. The lowest BCUT2D eigenvalue weighted by Crippen LogP contribution is -2.30. The number of methoxy groups -OCH3 is 1. The van der Waals surface area contributed by atoms with E-state index < -0.39 is 11.4 Å². The molecule has 0 heterocycles. The van der Waals surface area contributed by atoms with Crippen LogP contribution in [0.5, 0.6) is 11.5 Å². The van der Waals surface area contributed by atoms with Crippen LogP contribution < -0.4 is 14.8 Å². The van der Waals surface area contributed by atoms with Gasteiger partial charge >= 0.3 is 5.97 Å². The number of carboxylic acids is 1. The summed E-state index contributed by atoms with van der Waals surface area (Å²) in [6, 6.07) is 5.59. The Morgan fingerprint density at radius 3 is 2.54 bits per heavy atom. The minimum absolute atomic E-state index is 0.0427. The van der Waals surface area contributed by atoms with Gasteiger partial charge in [0.15, 0.2) is 0 Å². The average Bonchev–Trinajstić information content (AvgIpc) is 3.04. The van der Waals surface area contributed by atoms with Crippen molar-refractivity contribution < 1.29 is 24.2 Å². The van der Waals surface area contributed by atoms with Crippen LogP contribution in [0, 0.1) is 5.41 Å². The smallest absolute Gasteiger partial charge is 0.303 e. The molecule has 2 N–H and O–H groups in total. The first-order chi connectivity index (χ1) is 12.3. The van der Waals surface area contributed by atoms with Gasteiger partial charge in [-0.1, -0.05) is 13.8 Å². The van der Waals surface area contributed by atoms with Crippen LogP contribution in [0.15, 0.2) is 18.2 Å². The zero-order valence-corrected chi connectivity index (χ0v) is 15.8. The fourth-order valence-corrected chi connectivity index (χ4v) is 3.27. The number of benzene rings is 1. The van der Waals surface area contributed by atoms with E-state index in [-0.39, 0.29) is 24.9 Å². The summed E-state index contributed by atoms with van der Waals surface area (Å²) < 4.78 is 11.4. The molecule has 0 spiro atoms. The predicted molar refractivity (Wildman–Crippen MR) is 98.4 cm³/mol. The monoisotopic (exact) mass is 363 g/mol. The zero-order valence-electron chi connectivity index (χ0n) is 15.8. The molecule has 0 aromatic heterocycles. The van der Waals surface area contributed by atoms with Crippen LogP contribution in [0.2, 0.25) is 0 Å². The van der Waals surface area contributed by atoms with E-state index in [9.17, 15) is 9.59 Å². The van der Waals surface area contributed by atoms with Gasteiger partial charge < -0.3 is 19.9 Å². The molecule has 1 fully saturated rings. The van der Waals surface area contributed by atoms with Crippen molar-refractivity contribution in [1.82, 2.24) is 5.32 Å². The Bertz CT molecular complexity index is 635. The Balaban J connectivity index is 1.99. The largest absolute Gasteiger partial charge is 0.497 e. The topological polar surface area (TPSA) is 84.9 Å². The first-order valence-corrected chi connectivity index (χ1v) is 9.11. The van der Waals surface area contributed by atoms with Crippen molar-refractivity contribution in [3.05, 3.63) is 23.8 Å². The summed E-state index contributed by atoms with van der Waals surface area (Å²) in [6.45, 7) is 3.90. The number of hydrogen-bond donors (Lipinski definition) is 2. The highest BCUT2D eigenvalue weighted by atomic mass is 16.5. The molecule has 1 aromatic carbocycles. The number of carbonyl (C=O) groups excluding carboxylic acids is 1. The van der Waals surface area contributed by atoms with Crippen molar-refractivity contribution in [2.75, 3.05) is 7.11 Å². The van der Waals surface area contributed by atoms with Crippen LogP contribution in [-0.4, -0.2) is 30.2 Å². The Hall–Kier alpha value is -2.24. The maximum atomic E-state index is 12.2. The lowest BCUT2D eigenvalue weighted by atomic mass is 9.85. The maximum Gasteiger partial charge on any atom is 0.303 e. The van der Waals surface area contributed by atoms with Gasteiger partial charge in [0.1, 0.15) is 11.5 Å². The van der Waals surface area contributed by atoms with Crippen LogP contribution in [0.3, 0.4) is 0 Å². The molecule has 1 amide bonds. The number of carbonyl (C=O) groups is 2. The summed E-state index contributed by atoms with van der Waals surface area (Å²) in [4.78, 5) is 23.1. The summed E-state index contributed by atoms with van der Waals surface area (Å²) in [5.41, 5.74) is 0.307. The SMILES string of the molecule is COc1ccc(CNC(=O)CC(C)(C)CC(=O)O)c(OC2CCCC2)c1.